The number of likely N-dealkylation sites (tertiary alicyclic amines) is 1. The SMILES string of the molecule is [NH3+]C1CCN(C(=O)C(C=CC2=CC(Cl)C(Cl)C=C2)OC(O)=[N+]2CCC(CCC3CCc4ccccc4NC3=O)CC2)CC1. The number of para-hydroxylation sites is 1. The molecule has 1 aliphatic carbocycles. The molecule has 8 nitrogen and oxygen atoms in total. The van der Waals surface area contributed by atoms with Crippen LogP contribution in [0, 0.1) is 11.8 Å². The highest BCUT2D eigenvalue weighted by molar-refractivity contribution is 6.32. The van der Waals surface area contributed by atoms with Gasteiger partial charge in [0.2, 0.25) is 12.0 Å². The van der Waals surface area contributed by atoms with Crippen molar-refractivity contribution in [2.45, 2.75) is 74.3 Å². The molecule has 1 aromatic rings. The molecule has 0 bridgehead atoms. The second-order valence-electron chi connectivity index (χ2n) is 12.3. The second-order valence-corrected chi connectivity index (χ2v) is 13.3. The van der Waals surface area contributed by atoms with E-state index in [0.717, 1.165) is 62.6 Å². The van der Waals surface area contributed by atoms with Crippen LogP contribution in [0.2, 0.25) is 0 Å². The Bertz CT molecular complexity index is 1280. The van der Waals surface area contributed by atoms with Crippen molar-refractivity contribution in [3.63, 3.8) is 0 Å². The summed E-state index contributed by atoms with van der Waals surface area (Å²) in [7, 11) is 0. The number of hydrogen-bond donors (Lipinski definition) is 3. The molecule has 2 amide bonds. The number of aliphatic hydroxyl groups is 1. The average Bonchev–Trinajstić information content (AvgIpc) is 3.17. The maximum atomic E-state index is 13.5. The first-order valence-corrected chi connectivity index (χ1v) is 16.5. The van der Waals surface area contributed by atoms with Gasteiger partial charge in [0.1, 0.15) is 13.1 Å². The van der Waals surface area contributed by atoms with Crippen molar-refractivity contribution in [3.8, 4) is 0 Å². The van der Waals surface area contributed by atoms with Crippen LogP contribution < -0.4 is 11.1 Å². The first kappa shape index (κ1) is 31.6. The Labute approximate surface area is 264 Å². The van der Waals surface area contributed by atoms with Gasteiger partial charge in [-0.15, -0.1) is 23.2 Å². The van der Waals surface area contributed by atoms with Gasteiger partial charge in [0.25, 0.3) is 5.91 Å². The van der Waals surface area contributed by atoms with Crippen LogP contribution >= 0.6 is 23.2 Å². The maximum absolute atomic E-state index is 13.5. The van der Waals surface area contributed by atoms with Gasteiger partial charge in [0.15, 0.2) is 0 Å². The van der Waals surface area contributed by atoms with Crippen LogP contribution in [0.4, 0.5) is 5.69 Å². The number of aryl methyl sites for hydroxylation is 1. The van der Waals surface area contributed by atoms with Gasteiger partial charge in [-0.25, -0.2) is 0 Å². The number of allylic oxidation sites excluding steroid dienone is 5. The number of nitrogens with zero attached hydrogens (tertiary/aromatic N) is 2. The van der Waals surface area contributed by atoms with Crippen LogP contribution in [-0.2, 0) is 20.7 Å². The molecule has 3 heterocycles. The van der Waals surface area contributed by atoms with E-state index in [0.29, 0.717) is 38.1 Å². The van der Waals surface area contributed by atoms with Gasteiger partial charge in [-0.2, -0.15) is 4.58 Å². The summed E-state index contributed by atoms with van der Waals surface area (Å²) in [5.74, 6) is 0.433. The number of alkyl halides is 2. The van der Waals surface area contributed by atoms with E-state index in [4.69, 9.17) is 27.9 Å². The number of aliphatic hydroxyl groups excluding tert-OH is 1. The smallest absolute Gasteiger partial charge is 0.430 e. The van der Waals surface area contributed by atoms with Crippen LogP contribution in [0.25, 0.3) is 0 Å². The summed E-state index contributed by atoms with van der Waals surface area (Å²) < 4.78 is 7.78. The van der Waals surface area contributed by atoms with Crippen LogP contribution in [-0.4, -0.2) is 81.6 Å². The molecule has 4 aliphatic rings. The van der Waals surface area contributed by atoms with Gasteiger partial charge in [-0.05, 0) is 54.9 Å². The summed E-state index contributed by atoms with van der Waals surface area (Å²) in [4.78, 5) is 28.1. The van der Waals surface area contributed by atoms with E-state index < -0.39 is 6.10 Å². The number of benzene rings is 1. The highest BCUT2D eigenvalue weighted by atomic mass is 35.5. The standard InChI is InChI=1S/C33H42Cl2N4O4/c34-27-11-6-23(21-28(27)35)7-12-30(32(41)38-19-15-26(36)16-20-38)43-33(42)39-17-13-22(14-18-39)5-8-25-10-9-24-3-1-2-4-29(24)37-31(25)40/h1-4,6-7,11-12,21-22,25-28,30H,5,8-10,13-20,36H2,(H,37,40)/p+2. The summed E-state index contributed by atoms with van der Waals surface area (Å²) in [6.45, 7) is 2.51. The molecule has 10 heteroatoms. The fourth-order valence-corrected chi connectivity index (χ4v) is 6.70. The normalized spacial score (nSPS) is 27.2. The molecule has 0 radical (unpaired) electrons. The van der Waals surface area contributed by atoms with E-state index in [-0.39, 0.29) is 34.6 Å². The molecule has 0 saturated carbocycles. The summed E-state index contributed by atoms with van der Waals surface area (Å²) in [5.41, 5.74) is 7.10. The number of nitrogens with one attached hydrogen (secondary N) is 1. The monoisotopic (exact) mass is 630 g/mol. The summed E-state index contributed by atoms with van der Waals surface area (Å²) in [5, 5.41) is 13.5. The molecule has 0 aromatic heterocycles. The van der Waals surface area contributed by atoms with Crippen LogP contribution in [0.15, 0.2) is 60.2 Å². The van der Waals surface area contributed by atoms with Crippen molar-refractivity contribution in [2.24, 2.45) is 11.8 Å². The molecule has 4 atom stereocenters. The molecule has 5 rings (SSSR count). The molecule has 43 heavy (non-hydrogen) atoms. The van der Waals surface area contributed by atoms with Crippen molar-refractivity contribution in [1.82, 2.24) is 4.90 Å². The van der Waals surface area contributed by atoms with Crippen molar-refractivity contribution in [1.29, 1.82) is 0 Å². The zero-order valence-corrected chi connectivity index (χ0v) is 26.2. The average molecular weight is 632 g/mol. The number of rotatable bonds is 7. The lowest BCUT2D eigenvalue weighted by Crippen LogP contribution is -2.65. The topological polar surface area (TPSA) is 110 Å². The lowest BCUT2D eigenvalue weighted by molar-refractivity contribution is -0.557. The number of amides is 2. The van der Waals surface area contributed by atoms with Crippen molar-refractivity contribution in [2.75, 3.05) is 31.5 Å². The summed E-state index contributed by atoms with van der Waals surface area (Å²) >= 11 is 12.5. The van der Waals surface area contributed by atoms with Gasteiger partial charge >= 0.3 is 6.08 Å². The van der Waals surface area contributed by atoms with E-state index in [1.165, 1.54) is 5.56 Å². The Balaban J connectivity index is 1.17. The first-order valence-electron chi connectivity index (χ1n) is 15.6. The van der Waals surface area contributed by atoms with Crippen LogP contribution in [0.1, 0.15) is 50.5 Å². The lowest BCUT2D eigenvalue weighted by Gasteiger charge is -2.30. The van der Waals surface area contributed by atoms with E-state index in [1.54, 1.807) is 17.1 Å². The van der Waals surface area contributed by atoms with Gasteiger partial charge < -0.3 is 25.8 Å². The van der Waals surface area contributed by atoms with Crippen molar-refractivity contribution in [3.05, 3.63) is 65.8 Å². The summed E-state index contributed by atoms with van der Waals surface area (Å²) in [6.07, 6.45) is 14.9. The number of quaternary nitrogens is 1. The quantitative estimate of drug-likeness (QED) is 0.238. The second kappa shape index (κ2) is 14.8. The Morgan fingerprint density at radius 2 is 1.86 bits per heavy atom. The van der Waals surface area contributed by atoms with Crippen LogP contribution in [0.5, 0.6) is 0 Å². The largest absolute Gasteiger partial charge is 0.547 e. The minimum atomic E-state index is -0.964. The number of carbonyl (C=O) groups is 2. The van der Waals surface area contributed by atoms with Gasteiger partial charge in [0.05, 0.1) is 16.8 Å². The predicted molar refractivity (Wildman–Crippen MR) is 169 cm³/mol. The molecule has 2 saturated heterocycles. The number of ether oxygens (including phenoxy) is 1. The summed E-state index contributed by atoms with van der Waals surface area (Å²) in [6, 6.07) is 8.39. The van der Waals surface area contributed by atoms with E-state index in [2.05, 4.69) is 17.1 Å². The molecule has 3 aliphatic heterocycles. The first-order chi connectivity index (χ1) is 20.8. The van der Waals surface area contributed by atoms with Gasteiger partial charge in [0, 0.05) is 50.4 Å². The van der Waals surface area contributed by atoms with Gasteiger partial charge in [-0.3, -0.25) is 9.59 Å². The Morgan fingerprint density at radius 3 is 2.60 bits per heavy atom. The number of halogens is 2. The zero-order valence-electron chi connectivity index (χ0n) is 24.7. The third-order valence-corrected chi connectivity index (χ3v) is 10.2. The van der Waals surface area contributed by atoms with E-state index in [9.17, 15) is 14.7 Å². The number of fused-ring (bicyclic) bond motifs is 1. The fourth-order valence-electron chi connectivity index (χ4n) is 6.32. The van der Waals surface area contributed by atoms with Crippen molar-refractivity contribution >= 4 is 46.8 Å². The van der Waals surface area contributed by atoms with E-state index in [1.807, 2.05) is 41.0 Å². The third kappa shape index (κ3) is 8.43. The minimum absolute atomic E-state index is 0.0133. The number of anilines is 1. The molecule has 5 N–H and O–H groups in total. The molecular weight excluding hydrogens is 587 g/mol. The molecule has 1 aromatic carbocycles. The fraction of sp³-hybridized carbons (Fsp3) is 0.545. The zero-order chi connectivity index (χ0) is 30.3. The highest BCUT2D eigenvalue weighted by Crippen LogP contribution is 2.30. The van der Waals surface area contributed by atoms with Gasteiger partial charge in [-0.1, -0.05) is 42.5 Å². The van der Waals surface area contributed by atoms with Crippen LogP contribution in [0.3, 0.4) is 0 Å². The maximum Gasteiger partial charge on any atom is 0.547 e. The predicted octanol–water partition coefficient (Wildman–Crippen LogP) is 4.19. The molecule has 0 spiro atoms. The Morgan fingerprint density at radius 1 is 1.12 bits per heavy atom. The molecule has 4 unspecified atom stereocenters. The molecule has 2 fully saturated rings. The third-order valence-electron chi connectivity index (χ3n) is 9.21. The van der Waals surface area contributed by atoms with E-state index >= 15 is 0 Å². The minimum Gasteiger partial charge on any atom is -0.430 e. The lowest BCUT2D eigenvalue weighted by atomic mass is 9.87. The Hall–Kier alpha value is -2.81. The number of carbonyl (C=O) groups excluding carboxylic acids is 2. The number of hydrogen-bond acceptors (Lipinski definition) is 3. The number of piperidine rings is 2. The van der Waals surface area contributed by atoms with Crippen molar-refractivity contribution < 1.29 is 29.7 Å². The highest BCUT2D eigenvalue weighted by Gasteiger charge is 2.33. The Kier molecular flexibility index (Phi) is 10.9. The molecular formula is C33H44Cl2N4O4+2. The molecule has 232 valence electrons.